The maximum absolute atomic E-state index is 12.9. The summed E-state index contributed by atoms with van der Waals surface area (Å²) < 4.78 is 38.7. The lowest BCUT2D eigenvalue weighted by Crippen LogP contribution is -2.19. The standard InChI is InChI=1S/C11H9BrClF3O/c1-6(12)10(17)8-4-2-3-7(5-13)9(8)11(14,15)16/h2-4,6H,5H2,1H3. The molecule has 0 spiro atoms. The second-order valence-electron chi connectivity index (χ2n) is 3.45. The van der Waals surface area contributed by atoms with Gasteiger partial charge in [0.2, 0.25) is 0 Å². The van der Waals surface area contributed by atoms with E-state index in [9.17, 15) is 18.0 Å². The van der Waals surface area contributed by atoms with Gasteiger partial charge in [-0.3, -0.25) is 4.79 Å². The Balaban J connectivity index is 3.45. The van der Waals surface area contributed by atoms with Gasteiger partial charge in [-0.15, -0.1) is 11.6 Å². The van der Waals surface area contributed by atoms with Crippen molar-refractivity contribution in [3.8, 4) is 0 Å². The topological polar surface area (TPSA) is 17.1 Å². The summed E-state index contributed by atoms with van der Waals surface area (Å²) in [6, 6.07) is 3.83. The van der Waals surface area contributed by atoms with Crippen molar-refractivity contribution in [1.29, 1.82) is 0 Å². The summed E-state index contributed by atoms with van der Waals surface area (Å²) >= 11 is 8.45. The molecule has 0 aromatic heterocycles. The lowest BCUT2D eigenvalue weighted by molar-refractivity contribution is -0.138. The molecule has 0 bridgehead atoms. The molecule has 0 radical (unpaired) electrons. The third kappa shape index (κ3) is 3.22. The molecule has 6 heteroatoms. The maximum atomic E-state index is 12.9. The highest BCUT2D eigenvalue weighted by Gasteiger charge is 2.37. The average Bonchev–Trinajstić information content (AvgIpc) is 2.25. The molecule has 1 aromatic rings. The molecule has 0 saturated heterocycles. The van der Waals surface area contributed by atoms with E-state index in [1.807, 2.05) is 0 Å². The summed E-state index contributed by atoms with van der Waals surface area (Å²) in [5.74, 6) is -0.892. The van der Waals surface area contributed by atoms with E-state index >= 15 is 0 Å². The first-order valence-corrected chi connectivity index (χ1v) is 6.17. The quantitative estimate of drug-likeness (QED) is 0.593. The Morgan fingerprint density at radius 1 is 1.47 bits per heavy atom. The number of halogens is 5. The summed E-state index contributed by atoms with van der Waals surface area (Å²) in [4.78, 5) is 11.0. The van der Waals surface area contributed by atoms with Crippen LogP contribution in [0.2, 0.25) is 0 Å². The van der Waals surface area contributed by atoms with Crippen LogP contribution in [0.15, 0.2) is 18.2 Å². The van der Waals surface area contributed by atoms with Crippen LogP contribution >= 0.6 is 27.5 Å². The molecule has 0 aliphatic heterocycles. The molecule has 1 aromatic carbocycles. The Morgan fingerprint density at radius 2 is 2.06 bits per heavy atom. The minimum absolute atomic E-state index is 0.0850. The van der Waals surface area contributed by atoms with E-state index in [0.717, 1.165) is 0 Å². The second kappa shape index (κ2) is 5.40. The van der Waals surface area contributed by atoms with Crippen molar-refractivity contribution in [3.05, 3.63) is 34.9 Å². The number of Topliss-reactive ketones (excluding diaryl/α,β-unsaturated/α-hetero) is 1. The van der Waals surface area contributed by atoms with Crippen molar-refractivity contribution in [2.24, 2.45) is 0 Å². The number of ketones is 1. The van der Waals surface area contributed by atoms with Crippen molar-refractivity contribution >= 4 is 33.3 Å². The van der Waals surface area contributed by atoms with Crippen LogP contribution < -0.4 is 0 Å². The highest BCUT2D eigenvalue weighted by molar-refractivity contribution is 9.10. The Bertz CT molecular complexity index is 429. The van der Waals surface area contributed by atoms with Crippen LogP contribution in [0.3, 0.4) is 0 Å². The summed E-state index contributed by atoms with van der Waals surface area (Å²) in [7, 11) is 0. The molecule has 1 rings (SSSR count). The molecule has 0 fully saturated rings. The number of rotatable bonds is 3. The largest absolute Gasteiger partial charge is 0.417 e. The van der Waals surface area contributed by atoms with Gasteiger partial charge < -0.3 is 0 Å². The van der Waals surface area contributed by atoms with Crippen LogP contribution in [0.25, 0.3) is 0 Å². The fourth-order valence-corrected chi connectivity index (χ4v) is 1.94. The zero-order chi connectivity index (χ0) is 13.2. The predicted molar refractivity (Wildman–Crippen MR) is 63.7 cm³/mol. The van der Waals surface area contributed by atoms with E-state index in [4.69, 9.17) is 11.6 Å². The van der Waals surface area contributed by atoms with Gasteiger partial charge >= 0.3 is 6.18 Å². The number of benzene rings is 1. The Kier molecular flexibility index (Phi) is 4.61. The predicted octanol–water partition coefficient (Wildman–Crippen LogP) is 4.41. The molecule has 0 heterocycles. The number of carbonyl (C=O) groups is 1. The van der Waals surface area contributed by atoms with Gasteiger partial charge in [0.25, 0.3) is 0 Å². The monoisotopic (exact) mass is 328 g/mol. The summed E-state index contributed by atoms with van der Waals surface area (Å²) in [6.07, 6.45) is -4.58. The number of carbonyl (C=O) groups excluding carboxylic acids is 1. The van der Waals surface area contributed by atoms with Crippen molar-refractivity contribution in [1.82, 2.24) is 0 Å². The van der Waals surface area contributed by atoms with Gasteiger partial charge in [-0.2, -0.15) is 13.2 Å². The second-order valence-corrected chi connectivity index (χ2v) is 5.09. The summed E-state index contributed by atoms with van der Waals surface area (Å²) in [5, 5.41) is 0. The molecular weight excluding hydrogens is 320 g/mol. The summed E-state index contributed by atoms with van der Waals surface area (Å²) in [5.41, 5.74) is -1.37. The zero-order valence-corrected chi connectivity index (χ0v) is 11.2. The lowest BCUT2D eigenvalue weighted by Gasteiger charge is -2.16. The first-order chi connectivity index (χ1) is 7.79. The molecule has 0 amide bonds. The van der Waals surface area contributed by atoms with Gasteiger partial charge in [-0.05, 0) is 12.5 Å². The first kappa shape index (κ1) is 14.5. The van der Waals surface area contributed by atoms with Gasteiger partial charge in [0.15, 0.2) is 5.78 Å². The van der Waals surface area contributed by atoms with Crippen molar-refractivity contribution in [3.63, 3.8) is 0 Å². The van der Waals surface area contributed by atoms with E-state index < -0.39 is 22.4 Å². The van der Waals surface area contributed by atoms with Crippen molar-refractivity contribution in [2.45, 2.75) is 23.8 Å². The van der Waals surface area contributed by atoms with E-state index in [-0.39, 0.29) is 17.0 Å². The van der Waals surface area contributed by atoms with Crippen LogP contribution in [0.4, 0.5) is 13.2 Å². The van der Waals surface area contributed by atoms with E-state index in [1.165, 1.54) is 25.1 Å². The molecular formula is C11H9BrClF3O. The molecule has 1 nitrogen and oxygen atoms in total. The van der Waals surface area contributed by atoms with Crippen molar-refractivity contribution < 1.29 is 18.0 Å². The molecule has 17 heavy (non-hydrogen) atoms. The van der Waals surface area contributed by atoms with Crippen LogP contribution in [-0.4, -0.2) is 10.6 Å². The number of hydrogen-bond acceptors (Lipinski definition) is 1. The van der Waals surface area contributed by atoms with Gasteiger partial charge in [-0.1, -0.05) is 34.1 Å². The maximum Gasteiger partial charge on any atom is 0.417 e. The first-order valence-electron chi connectivity index (χ1n) is 4.72. The van der Waals surface area contributed by atoms with Gasteiger partial charge in [0.1, 0.15) is 0 Å². The third-order valence-corrected chi connectivity index (χ3v) is 2.91. The smallest absolute Gasteiger partial charge is 0.293 e. The van der Waals surface area contributed by atoms with Crippen LogP contribution in [0.5, 0.6) is 0 Å². The fraction of sp³-hybridized carbons (Fsp3) is 0.364. The van der Waals surface area contributed by atoms with Gasteiger partial charge in [0, 0.05) is 11.4 Å². The minimum atomic E-state index is -4.58. The van der Waals surface area contributed by atoms with Gasteiger partial charge in [-0.25, -0.2) is 0 Å². The van der Waals surface area contributed by atoms with E-state index in [2.05, 4.69) is 15.9 Å². The SMILES string of the molecule is CC(Br)C(=O)c1cccc(CCl)c1C(F)(F)F. The molecule has 1 atom stereocenters. The zero-order valence-electron chi connectivity index (χ0n) is 8.81. The third-order valence-electron chi connectivity index (χ3n) is 2.20. The summed E-state index contributed by atoms with van der Waals surface area (Å²) in [6.45, 7) is 1.48. The van der Waals surface area contributed by atoms with E-state index in [1.54, 1.807) is 0 Å². The molecule has 0 aliphatic carbocycles. The highest BCUT2D eigenvalue weighted by atomic mass is 79.9. The van der Waals surface area contributed by atoms with Crippen LogP contribution in [0, 0.1) is 0 Å². The van der Waals surface area contributed by atoms with E-state index in [0.29, 0.717) is 0 Å². The highest BCUT2D eigenvalue weighted by Crippen LogP contribution is 2.36. The molecule has 1 unspecified atom stereocenters. The minimum Gasteiger partial charge on any atom is -0.293 e. The molecule has 0 N–H and O–H groups in total. The normalized spacial score (nSPS) is 13.5. The molecule has 94 valence electrons. The van der Waals surface area contributed by atoms with Crippen LogP contribution in [0.1, 0.15) is 28.4 Å². The Morgan fingerprint density at radius 3 is 2.47 bits per heavy atom. The Hall–Kier alpha value is -0.550. The van der Waals surface area contributed by atoms with Crippen LogP contribution in [-0.2, 0) is 12.1 Å². The van der Waals surface area contributed by atoms with Crippen molar-refractivity contribution in [2.75, 3.05) is 0 Å². The molecule has 0 aliphatic rings. The number of alkyl halides is 5. The Labute approximate surface area is 110 Å². The lowest BCUT2D eigenvalue weighted by atomic mass is 9.97. The molecule has 0 saturated carbocycles. The van der Waals surface area contributed by atoms with Gasteiger partial charge in [0.05, 0.1) is 10.4 Å². The fourth-order valence-electron chi connectivity index (χ4n) is 1.47. The average molecular weight is 330 g/mol. The number of hydrogen-bond donors (Lipinski definition) is 0.